The summed E-state index contributed by atoms with van der Waals surface area (Å²) in [5.41, 5.74) is 4.69. The van der Waals surface area contributed by atoms with Gasteiger partial charge in [0, 0.05) is 15.5 Å². The van der Waals surface area contributed by atoms with Gasteiger partial charge in [-0.1, -0.05) is 19.8 Å². The van der Waals surface area contributed by atoms with Crippen LogP contribution in [-0.4, -0.2) is 5.75 Å². The Balaban J connectivity index is 1.76. The molecule has 1 atom stereocenters. The van der Waals surface area contributed by atoms with Crippen LogP contribution >= 0.6 is 23.1 Å². The fourth-order valence-electron chi connectivity index (χ4n) is 3.39. The summed E-state index contributed by atoms with van der Waals surface area (Å²) in [6.45, 7) is 2.38. The van der Waals surface area contributed by atoms with E-state index in [9.17, 15) is 0 Å². The van der Waals surface area contributed by atoms with Gasteiger partial charge in [0.1, 0.15) is 0 Å². The van der Waals surface area contributed by atoms with Gasteiger partial charge in [0.25, 0.3) is 0 Å². The summed E-state index contributed by atoms with van der Waals surface area (Å²) in [5.74, 6) is 10.0. The maximum absolute atomic E-state index is 5.88. The number of hydrogen-bond acceptors (Lipinski definition) is 4. The van der Waals surface area contributed by atoms with E-state index in [1.54, 1.807) is 10.4 Å². The van der Waals surface area contributed by atoms with Gasteiger partial charge in [0.15, 0.2) is 0 Å². The smallest absolute Gasteiger partial charge is 0.0581 e. The fraction of sp³-hybridized carbons (Fsp3) is 0.733. The van der Waals surface area contributed by atoms with Crippen LogP contribution in [0.2, 0.25) is 0 Å². The average Bonchev–Trinajstić information content (AvgIpc) is 2.85. The maximum Gasteiger partial charge on any atom is 0.0581 e. The van der Waals surface area contributed by atoms with Crippen molar-refractivity contribution in [3.8, 4) is 0 Å². The summed E-state index contributed by atoms with van der Waals surface area (Å²) >= 11 is 4.07. The molecule has 4 heteroatoms. The Hall–Kier alpha value is -0.0300. The van der Waals surface area contributed by atoms with Crippen LogP contribution in [0.15, 0.2) is 6.07 Å². The molecule has 0 radical (unpaired) electrons. The minimum atomic E-state index is 0.382. The predicted octanol–water partition coefficient (Wildman–Crippen LogP) is 3.87. The van der Waals surface area contributed by atoms with Crippen LogP contribution in [0, 0.1) is 11.8 Å². The first-order valence-corrected chi connectivity index (χ1v) is 9.40. The van der Waals surface area contributed by atoms with Gasteiger partial charge < -0.3 is 0 Å². The molecule has 0 saturated heterocycles. The molecule has 0 bridgehead atoms. The predicted molar refractivity (Wildman–Crippen MR) is 85.4 cm³/mol. The Morgan fingerprint density at radius 2 is 2.11 bits per heavy atom. The molecule has 1 aromatic rings. The highest BCUT2D eigenvalue weighted by atomic mass is 32.2. The molecule has 106 valence electrons. The largest absolute Gasteiger partial charge is 0.271 e. The minimum Gasteiger partial charge on any atom is -0.271 e. The van der Waals surface area contributed by atoms with E-state index in [0.29, 0.717) is 6.04 Å². The molecule has 0 amide bonds. The second-order valence-electron chi connectivity index (χ2n) is 6.06. The van der Waals surface area contributed by atoms with Crippen LogP contribution in [0.1, 0.15) is 54.0 Å². The third-order valence-corrected chi connectivity index (χ3v) is 6.99. The van der Waals surface area contributed by atoms with Crippen LogP contribution < -0.4 is 11.3 Å². The van der Waals surface area contributed by atoms with E-state index in [-0.39, 0.29) is 0 Å². The first kappa shape index (κ1) is 13.9. The number of nitrogens with two attached hydrogens (primary N) is 1. The standard InChI is InChI=1S/C15H24N2S2/c1-10-2-4-11(5-3-10)15(17-16)14-8-12-9-18-7-6-13(12)19-14/h8,10-11,15,17H,2-7,9,16H2,1H3. The van der Waals surface area contributed by atoms with Crippen molar-refractivity contribution in [3.63, 3.8) is 0 Å². The minimum absolute atomic E-state index is 0.382. The van der Waals surface area contributed by atoms with Crippen LogP contribution in [0.5, 0.6) is 0 Å². The molecule has 19 heavy (non-hydrogen) atoms. The van der Waals surface area contributed by atoms with Gasteiger partial charge in [-0.25, -0.2) is 0 Å². The van der Waals surface area contributed by atoms with E-state index in [4.69, 9.17) is 5.84 Å². The quantitative estimate of drug-likeness (QED) is 0.657. The maximum atomic E-state index is 5.88. The molecule has 1 fully saturated rings. The number of hydrogen-bond donors (Lipinski definition) is 2. The van der Waals surface area contributed by atoms with Gasteiger partial charge in [0.2, 0.25) is 0 Å². The Bertz CT molecular complexity index is 398. The Labute approximate surface area is 124 Å². The lowest BCUT2D eigenvalue weighted by molar-refractivity contribution is 0.234. The van der Waals surface area contributed by atoms with Gasteiger partial charge in [-0.15, -0.1) is 11.3 Å². The third kappa shape index (κ3) is 3.02. The lowest BCUT2D eigenvalue weighted by atomic mass is 9.79. The average molecular weight is 297 g/mol. The van der Waals surface area contributed by atoms with Gasteiger partial charge in [-0.2, -0.15) is 11.8 Å². The summed E-state index contributed by atoms with van der Waals surface area (Å²) < 4.78 is 0. The summed E-state index contributed by atoms with van der Waals surface area (Å²) in [6.07, 6.45) is 6.64. The zero-order valence-corrected chi connectivity index (χ0v) is 13.3. The zero-order chi connectivity index (χ0) is 13.2. The number of rotatable bonds is 3. The van der Waals surface area contributed by atoms with E-state index < -0.39 is 0 Å². The van der Waals surface area contributed by atoms with Crippen molar-refractivity contribution in [2.45, 2.75) is 50.8 Å². The third-order valence-electron chi connectivity index (χ3n) is 4.66. The highest BCUT2D eigenvalue weighted by Crippen LogP contribution is 2.41. The molecule has 2 heterocycles. The fourth-order valence-corrected chi connectivity index (χ4v) is 5.92. The SMILES string of the molecule is CC1CCC(C(NN)c2cc3c(s2)CCSC3)CC1. The normalized spacial score (nSPS) is 28.9. The van der Waals surface area contributed by atoms with Crippen LogP contribution in [0.3, 0.4) is 0 Å². The summed E-state index contributed by atoms with van der Waals surface area (Å²) in [6, 6.07) is 2.81. The second kappa shape index (κ2) is 6.17. The van der Waals surface area contributed by atoms with Gasteiger partial charge in [-0.3, -0.25) is 11.3 Å². The van der Waals surface area contributed by atoms with Crippen LogP contribution in [-0.2, 0) is 12.2 Å². The highest BCUT2D eigenvalue weighted by Gasteiger charge is 2.28. The Morgan fingerprint density at radius 1 is 1.32 bits per heavy atom. The van der Waals surface area contributed by atoms with Gasteiger partial charge in [-0.05, 0) is 48.5 Å². The van der Waals surface area contributed by atoms with E-state index in [1.165, 1.54) is 48.5 Å². The molecule has 3 N–H and O–H groups in total. The molecule has 1 aliphatic carbocycles. The van der Waals surface area contributed by atoms with Crippen molar-refractivity contribution >= 4 is 23.1 Å². The summed E-state index contributed by atoms with van der Waals surface area (Å²) in [4.78, 5) is 3.09. The Morgan fingerprint density at radius 3 is 2.79 bits per heavy atom. The number of thioether (sulfide) groups is 1. The van der Waals surface area contributed by atoms with Crippen molar-refractivity contribution in [2.24, 2.45) is 17.7 Å². The number of thiophene rings is 1. The molecule has 2 nitrogen and oxygen atoms in total. The van der Waals surface area contributed by atoms with Crippen molar-refractivity contribution in [1.29, 1.82) is 0 Å². The summed E-state index contributed by atoms with van der Waals surface area (Å²) in [7, 11) is 0. The first-order valence-electron chi connectivity index (χ1n) is 7.43. The Kier molecular flexibility index (Phi) is 4.52. The van der Waals surface area contributed by atoms with Crippen LogP contribution in [0.4, 0.5) is 0 Å². The molecule has 3 rings (SSSR count). The number of nitrogens with one attached hydrogen (secondary N) is 1. The van der Waals surface area contributed by atoms with E-state index >= 15 is 0 Å². The number of aryl methyl sites for hydroxylation is 1. The van der Waals surface area contributed by atoms with Crippen LogP contribution in [0.25, 0.3) is 0 Å². The molecule has 0 spiro atoms. The summed E-state index contributed by atoms with van der Waals surface area (Å²) in [5, 5.41) is 0. The van der Waals surface area contributed by atoms with Gasteiger partial charge >= 0.3 is 0 Å². The molecule has 2 aliphatic rings. The molecule has 1 unspecified atom stereocenters. The zero-order valence-electron chi connectivity index (χ0n) is 11.7. The number of fused-ring (bicyclic) bond motifs is 1. The first-order chi connectivity index (χ1) is 9.28. The lowest BCUT2D eigenvalue weighted by Crippen LogP contribution is -2.34. The molecular weight excluding hydrogens is 272 g/mol. The van der Waals surface area contributed by atoms with E-state index in [2.05, 4.69) is 30.2 Å². The molecular formula is C15H24N2S2. The highest BCUT2D eigenvalue weighted by molar-refractivity contribution is 7.98. The van der Waals surface area contributed by atoms with Crippen molar-refractivity contribution in [3.05, 3.63) is 21.4 Å². The molecule has 1 aliphatic heterocycles. The second-order valence-corrected chi connectivity index (χ2v) is 8.34. The molecule has 0 aromatic carbocycles. The molecule has 1 aromatic heterocycles. The van der Waals surface area contributed by atoms with Gasteiger partial charge in [0.05, 0.1) is 6.04 Å². The lowest BCUT2D eigenvalue weighted by Gasteiger charge is -2.31. The van der Waals surface area contributed by atoms with E-state index in [0.717, 1.165) is 11.8 Å². The molecule has 1 saturated carbocycles. The van der Waals surface area contributed by atoms with E-state index in [1.807, 2.05) is 11.3 Å². The van der Waals surface area contributed by atoms with Crippen molar-refractivity contribution < 1.29 is 0 Å². The van der Waals surface area contributed by atoms with Crippen molar-refractivity contribution in [2.75, 3.05) is 5.75 Å². The monoisotopic (exact) mass is 296 g/mol. The topological polar surface area (TPSA) is 38.0 Å². The number of hydrazine groups is 1. The van der Waals surface area contributed by atoms with Crippen molar-refractivity contribution in [1.82, 2.24) is 5.43 Å².